The summed E-state index contributed by atoms with van der Waals surface area (Å²) in [6.45, 7) is 1.71. The van der Waals surface area contributed by atoms with Crippen LogP contribution in [-0.4, -0.2) is 36.6 Å². The molecule has 1 aromatic rings. The zero-order valence-corrected chi connectivity index (χ0v) is 11.3. The molecule has 2 heterocycles. The molecule has 1 atom stereocenters. The van der Waals surface area contributed by atoms with Gasteiger partial charge >= 0.3 is 0 Å². The lowest BCUT2D eigenvalue weighted by Gasteiger charge is -2.33. The molecule has 1 fully saturated rings. The van der Waals surface area contributed by atoms with Crippen LogP contribution in [0, 0.1) is 5.41 Å². The van der Waals surface area contributed by atoms with Gasteiger partial charge in [0.25, 0.3) is 0 Å². The highest BCUT2D eigenvalue weighted by molar-refractivity contribution is 9.10. The topological polar surface area (TPSA) is 75.2 Å². The monoisotopic (exact) mass is 318 g/mol. The fourth-order valence-corrected chi connectivity index (χ4v) is 2.42. The summed E-state index contributed by atoms with van der Waals surface area (Å²) in [5.74, 6) is 0.729. The van der Waals surface area contributed by atoms with Gasteiger partial charge in [0.1, 0.15) is 17.8 Å². The number of rotatable bonds is 2. The minimum absolute atomic E-state index is 0.0305. The summed E-state index contributed by atoms with van der Waals surface area (Å²) in [4.78, 5) is 6.25. The van der Waals surface area contributed by atoms with Crippen LogP contribution in [0.2, 0.25) is 5.02 Å². The van der Waals surface area contributed by atoms with Gasteiger partial charge in [0.15, 0.2) is 0 Å². The number of nitrogens with two attached hydrogens (primary N) is 1. The number of anilines is 1. The summed E-state index contributed by atoms with van der Waals surface area (Å²) < 4.78 is 6.22. The molecule has 7 heteroatoms. The van der Waals surface area contributed by atoms with Crippen LogP contribution in [-0.2, 0) is 4.74 Å². The van der Waals surface area contributed by atoms with Crippen LogP contribution < -0.4 is 10.6 Å². The number of nitrogens with zero attached hydrogens (tertiary/aromatic N) is 2. The average molecular weight is 320 g/mol. The highest BCUT2D eigenvalue weighted by atomic mass is 79.9. The van der Waals surface area contributed by atoms with Gasteiger partial charge in [-0.2, -0.15) is 0 Å². The van der Waals surface area contributed by atoms with Crippen LogP contribution in [0.1, 0.15) is 0 Å². The van der Waals surface area contributed by atoms with E-state index in [1.807, 2.05) is 4.90 Å². The second-order valence-electron chi connectivity index (χ2n) is 3.72. The molecule has 2 rings (SSSR count). The van der Waals surface area contributed by atoms with E-state index in [0.29, 0.717) is 30.5 Å². The van der Waals surface area contributed by atoms with Gasteiger partial charge in [-0.15, -0.1) is 0 Å². The van der Waals surface area contributed by atoms with E-state index in [1.54, 1.807) is 12.3 Å². The molecular formula is C10H12BrClN4O. The Morgan fingerprint density at radius 2 is 2.47 bits per heavy atom. The van der Waals surface area contributed by atoms with E-state index in [0.717, 1.165) is 4.47 Å². The Morgan fingerprint density at radius 1 is 1.71 bits per heavy atom. The molecule has 0 bridgehead atoms. The molecule has 1 unspecified atom stereocenters. The summed E-state index contributed by atoms with van der Waals surface area (Å²) in [5, 5.41) is 7.97. The Labute approximate surface area is 113 Å². The van der Waals surface area contributed by atoms with Crippen molar-refractivity contribution in [2.24, 2.45) is 5.73 Å². The lowest BCUT2D eigenvalue weighted by molar-refractivity contribution is 0.0823. The summed E-state index contributed by atoms with van der Waals surface area (Å²) in [7, 11) is 0. The molecule has 0 aromatic carbocycles. The maximum atomic E-state index is 7.39. The number of aromatic nitrogens is 1. The second-order valence-corrected chi connectivity index (χ2v) is 5.04. The molecule has 1 aromatic heterocycles. The molecule has 1 saturated heterocycles. The molecule has 0 saturated carbocycles. The van der Waals surface area contributed by atoms with Crippen molar-refractivity contribution in [1.82, 2.24) is 4.98 Å². The minimum atomic E-state index is -0.384. The van der Waals surface area contributed by atoms with E-state index < -0.39 is 0 Å². The first kappa shape index (κ1) is 12.6. The Kier molecular flexibility index (Phi) is 3.86. The van der Waals surface area contributed by atoms with Gasteiger partial charge in [0, 0.05) is 17.2 Å². The number of hydrogen-bond acceptors (Lipinski definition) is 4. The number of ether oxygens (including phenoxy) is 1. The van der Waals surface area contributed by atoms with E-state index in [1.165, 1.54) is 0 Å². The van der Waals surface area contributed by atoms with Crippen molar-refractivity contribution in [2.45, 2.75) is 6.10 Å². The van der Waals surface area contributed by atoms with Crippen LogP contribution >= 0.6 is 27.5 Å². The van der Waals surface area contributed by atoms with Crippen molar-refractivity contribution in [3.63, 3.8) is 0 Å². The first-order chi connectivity index (χ1) is 8.08. The van der Waals surface area contributed by atoms with Crippen molar-refractivity contribution in [3.8, 4) is 0 Å². The molecule has 0 amide bonds. The standard InChI is InChI=1S/C10H12BrClN4O/c11-6-3-7(12)10(15-4-6)16-1-2-17-8(5-16)9(13)14/h3-4,8H,1-2,5H2,(H3,13,14). The lowest BCUT2D eigenvalue weighted by Crippen LogP contribution is -2.48. The number of nitrogens with one attached hydrogen (secondary N) is 1. The Morgan fingerprint density at radius 3 is 3.12 bits per heavy atom. The normalized spacial score (nSPS) is 20.4. The zero-order chi connectivity index (χ0) is 12.4. The van der Waals surface area contributed by atoms with Crippen molar-refractivity contribution < 1.29 is 4.74 Å². The fraction of sp³-hybridized carbons (Fsp3) is 0.400. The predicted molar refractivity (Wildman–Crippen MR) is 70.8 cm³/mol. The first-order valence-electron chi connectivity index (χ1n) is 5.09. The van der Waals surface area contributed by atoms with Gasteiger partial charge in [-0.05, 0) is 22.0 Å². The minimum Gasteiger partial charge on any atom is -0.385 e. The van der Waals surface area contributed by atoms with E-state index in [2.05, 4.69) is 20.9 Å². The molecule has 5 nitrogen and oxygen atoms in total. The Bertz CT molecular complexity index is 442. The molecule has 3 N–H and O–H groups in total. The van der Waals surface area contributed by atoms with Gasteiger partial charge in [-0.3, -0.25) is 5.41 Å². The van der Waals surface area contributed by atoms with Gasteiger partial charge in [0.2, 0.25) is 0 Å². The SMILES string of the molecule is N=C(N)C1CN(c2ncc(Br)cc2Cl)CCO1. The third-order valence-corrected chi connectivity index (χ3v) is 3.21. The smallest absolute Gasteiger partial charge is 0.147 e. The van der Waals surface area contributed by atoms with Gasteiger partial charge < -0.3 is 15.4 Å². The number of amidine groups is 1. The third-order valence-electron chi connectivity index (χ3n) is 2.50. The lowest BCUT2D eigenvalue weighted by atomic mass is 10.2. The highest BCUT2D eigenvalue weighted by Gasteiger charge is 2.24. The fourth-order valence-electron chi connectivity index (χ4n) is 1.67. The number of hydrogen-bond donors (Lipinski definition) is 2. The summed E-state index contributed by atoms with van der Waals surface area (Å²) >= 11 is 9.44. The molecular weight excluding hydrogens is 307 g/mol. The Balaban J connectivity index is 2.19. The van der Waals surface area contributed by atoms with Crippen molar-refractivity contribution >= 4 is 39.2 Å². The summed E-state index contributed by atoms with van der Waals surface area (Å²) in [6, 6.07) is 1.79. The van der Waals surface area contributed by atoms with E-state index in [9.17, 15) is 0 Å². The molecule has 0 spiro atoms. The Hall–Kier alpha value is -0.850. The second kappa shape index (κ2) is 5.20. The van der Waals surface area contributed by atoms with Crippen LogP contribution in [0.5, 0.6) is 0 Å². The summed E-state index contributed by atoms with van der Waals surface area (Å²) in [6.07, 6.45) is 1.31. The first-order valence-corrected chi connectivity index (χ1v) is 6.26. The van der Waals surface area contributed by atoms with Crippen molar-refractivity contribution in [3.05, 3.63) is 21.8 Å². The van der Waals surface area contributed by atoms with E-state index in [-0.39, 0.29) is 11.9 Å². The highest BCUT2D eigenvalue weighted by Crippen LogP contribution is 2.27. The molecule has 92 valence electrons. The molecule has 0 aliphatic carbocycles. The largest absolute Gasteiger partial charge is 0.385 e. The van der Waals surface area contributed by atoms with E-state index >= 15 is 0 Å². The molecule has 17 heavy (non-hydrogen) atoms. The molecule has 1 aliphatic rings. The quantitative estimate of drug-likeness (QED) is 0.642. The molecule has 1 aliphatic heterocycles. The third kappa shape index (κ3) is 2.88. The van der Waals surface area contributed by atoms with Gasteiger partial charge in [0.05, 0.1) is 18.2 Å². The van der Waals surface area contributed by atoms with Crippen LogP contribution in [0.4, 0.5) is 5.82 Å². The van der Waals surface area contributed by atoms with Gasteiger partial charge in [-0.25, -0.2) is 4.98 Å². The van der Waals surface area contributed by atoms with Crippen LogP contribution in [0.15, 0.2) is 16.7 Å². The zero-order valence-electron chi connectivity index (χ0n) is 8.99. The van der Waals surface area contributed by atoms with Crippen molar-refractivity contribution in [2.75, 3.05) is 24.6 Å². The van der Waals surface area contributed by atoms with E-state index in [4.69, 9.17) is 27.5 Å². The maximum absolute atomic E-state index is 7.39. The summed E-state index contributed by atoms with van der Waals surface area (Å²) in [5.41, 5.74) is 5.44. The maximum Gasteiger partial charge on any atom is 0.147 e. The predicted octanol–water partition coefficient (Wildman–Crippen LogP) is 1.64. The van der Waals surface area contributed by atoms with Crippen molar-refractivity contribution in [1.29, 1.82) is 5.41 Å². The number of halogens is 2. The van der Waals surface area contributed by atoms with Crippen LogP contribution in [0.3, 0.4) is 0 Å². The average Bonchev–Trinajstić information content (AvgIpc) is 2.29. The van der Waals surface area contributed by atoms with Crippen LogP contribution in [0.25, 0.3) is 0 Å². The number of pyridine rings is 1. The van der Waals surface area contributed by atoms with Gasteiger partial charge in [-0.1, -0.05) is 11.6 Å². The molecule has 0 radical (unpaired) electrons. The number of morpholine rings is 1.